The lowest BCUT2D eigenvalue weighted by atomic mass is 10.1. The molecule has 0 aliphatic rings. The Balaban J connectivity index is 1.93. The van der Waals surface area contributed by atoms with E-state index < -0.39 is 0 Å². The number of nitrogens with zero attached hydrogens (tertiary/aromatic N) is 1. The number of fused-ring (bicyclic) bond motifs is 1. The van der Waals surface area contributed by atoms with Gasteiger partial charge in [-0.15, -0.1) is 11.6 Å². The van der Waals surface area contributed by atoms with Crippen molar-refractivity contribution in [2.24, 2.45) is 0 Å². The third-order valence-corrected chi connectivity index (χ3v) is 3.24. The van der Waals surface area contributed by atoms with Crippen LogP contribution in [0, 0.1) is 0 Å². The van der Waals surface area contributed by atoms with Crippen molar-refractivity contribution in [3.8, 4) is 0 Å². The normalized spacial score (nSPS) is 10.6. The zero-order valence-corrected chi connectivity index (χ0v) is 11.5. The van der Waals surface area contributed by atoms with Crippen molar-refractivity contribution in [1.82, 2.24) is 10.3 Å². The molecule has 1 amide bonds. The summed E-state index contributed by atoms with van der Waals surface area (Å²) in [5.41, 5.74) is 2.18. The summed E-state index contributed by atoms with van der Waals surface area (Å²) < 4.78 is 0. The molecule has 0 saturated heterocycles. The smallest absolute Gasteiger partial charge is 0.220 e. The Morgan fingerprint density at radius 1 is 1.26 bits per heavy atom. The number of carbonyl (C=O) groups excluding carboxylic acids is 1. The fourth-order valence-electron chi connectivity index (χ4n) is 2.02. The number of carbonyl (C=O) groups is 1. The maximum absolute atomic E-state index is 11.5. The van der Waals surface area contributed by atoms with Gasteiger partial charge >= 0.3 is 0 Å². The second kappa shape index (κ2) is 7.10. The molecule has 0 saturated carbocycles. The molecule has 0 unspecified atom stereocenters. The molecule has 1 aromatic carbocycles. The number of nitrogens with one attached hydrogen (secondary N) is 1. The highest BCUT2D eigenvalue weighted by molar-refractivity contribution is 6.17. The molecular formula is C15H17ClN2O. The minimum Gasteiger partial charge on any atom is -0.356 e. The van der Waals surface area contributed by atoms with Gasteiger partial charge < -0.3 is 5.32 Å². The maximum Gasteiger partial charge on any atom is 0.220 e. The van der Waals surface area contributed by atoms with Crippen LogP contribution in [0.2, 0.25) is 0 Å². The number of amides is 1. The van der Waals surface area contributed by atoms with E-state index in [1.165, 1.54) is 0 Å². The molecular weight excluding hydrogens is 260 g/mol. The van der Waals surface area contributed by atoms with Gasteiger partial charge in [0, 0.05) is 30.4 Å². The SMILES string of the molecule is O=C(CCCCl)NCCc1cccc2cccnc12. The molecule has 4 heteroatoms. The summed E-state index contributed by atoms with van der Waals surface area (Å²) in [4.78, 5) is 15.9. The van der Waals surface area contributed by atoms with Gasteiger partial charge in [0.25, 0.3) is 0 Å². The Labute approximate surface area is 118 Å². The minimum atomic E-state index is 0.0637. The molecule has 0 bridgehead atoms. The largest absolute Gasteiger partial charge is 0.356 e. The van der Waals surface area contributed by atoms with Gasteiger partial charge in [0.1, 0.15) is 0 Å². The van der Waals surface area contributed by atoms with Crippen LogP contribution in [0.15, 0.2) is 36.5 Å². The van der Waals surface area contributed by atoms with Gasteiger partial charge in [0.05, 0.1) is 5.52 Å². The third-order valence-electron chi connectivity index (χ3n) is 2.97. The molecule has 3 nitrogen and oxygen atoms in total. The molecule has 2 aromatic rings. The Kier molecular flexibility index (Phi) is 5.16. The number of halogens is 1. The standard InChI is InChI=1S/C15H17ClN2O/c16-9-2-7-14(19)17-11-8-13-5-1-4-12-6-3-10-18-15(12)13/h1,3-6,10H,2,7-9,11H2,(H,17,19). The number of rotatable bonds is 6. The highest BCUT2D eigenvalue weighted by atomic mass is 35.5. The van der Waals surface area contributed by atoms with E-state index in [1.807, 2.05) is 24.3 Å². The van der Waals surface area contributed by atoms with Gasteiger partial charge in [0.15, 0.2) is 0 Å². The first kappa shape index (κ1) is 13.8. The summed E-state index contributed by atoms with van der Waals surface area (Å²) in [6.07, 6.45) is 3.81. The van der Waals surface area contributed by atoms with Crippen molar-refractivity contribution in [3.05, 3.63) is 42.1 Å². The number of para-hydroxylation sites is 1. The van der Waals surface area contributed by atoms with Crippen LogP contribution in [-0.2, 0) is 11.2 Å². The Bertz CT molecular complexity index is 551. The first-order valence-corrected chi connectivity index (χ1v) is 7.00. The van der Waals surface area contributed by atoms with Gasteiger partial charge in [-0.25, -0.2) is 0 Å². The van der Waals surface area contributed by atoms with Gasteiger partial charge in [-0.2, -0.15) is 0 Å². The van der Waals surface area contributed by atoms with Gasteiger partial charge in [0.2, 0.25) is 5.91 Å². The van der Waals surface area contributed by atoms with Crippen LogP contribution < -0.4 is 5.32 Å². The predicted octanol–water partition coefficient (Wildman–Crippen LogP) is 2.91. The van der Waals surface area contributed by atoms with Gasteiger partial charge in [-0.05, 0) is 24.5 Å². The number of benzene rings is 1. The number of hydrogen-bond acceptors (Lipinski definition) is 2. The highest BCUT2D eigenvalue weighted by Gasteiger charge is 2.03. The molecule has 1 aromatic heterocycles. The monoisotopic (exact) mass is 276 g/mol. The molecule has 0 aliphatic heterocycles. The Hall–Kier alpha value is -1.61. The van der Waals surface area contributed by atoms with E-state index >= 15 is 0 Å². The summed E-state index contributed by atoms with van der Waals surface area (Å²) in [5.74, 6) is 0.592. The lowest BCUT2D eigenvalue weighted by molar-refractivity contribution is -0.121. The van der Waals surface area contributed by atoms with Crippen molar-refractivity contribution < 1.29 is 4.79 Å². The molecule has 0 fully saturated rings. The van der Waals surface area contributed by atoms with E-state index in [-0.39, 0.29) is 5.91 Å². The molecule has 0 spiro atoms. The summed E-state index contributed by atoms with van der Waals surface area (Å²) in [5, 5.41) is 4.04. The predicted molar refractivity (Wildman–Crippen MR) is 78.4 cm³/mol. The molecule has 2 rings (SSSR count). The lowest BCUT2D eigenvalue weighted by Gasteiger charge is -2.07. The van der Waals surface area contributed by atoms with Crippen LogP contribution in [-0.4, -0.2) is 23.3 Å². The molecule has 0 radical (unpaired) electrons. The molecule has 100 valence electrons. The highest BCUT2D eigenvalue weighted by Crippen LogP contribution is 2.15. The molecule has 1 N–H and O–H groups in total. The zero-order chi connectivity index (χ0) is 13.5. The van der Waals surface area contributed by atoms with Crippen LogP contribution in [0.1, 0.15) is 18.4 Å². The Morgan fingerprint density at radius 3 is 2.95 bits per heavy atom. The third kappa shape index (κ3) is 3.93. The molecule has 19 heavy (non-hydrogen) atoms. The minimum absolute atomic E-state index is 0.0637. The number of aromatic nitrogens is 1. The van der Waals surface area contributed by atoms with Crippen molar-refractivity contribution in [2.45, 2.75) is 19.3 Å². The average Bonchev–Trinajstić information content (AvgIpc) is 2.45. The average molecular weight is 277 g/mol. The topological polar surface area (TPSA) is 42.0 Å². The Morgan fingerprint density at radius 2 is 2.11 bits per heavy atom. The lowest BCUT2D eigenvalue weighted by Crippen LogP contribution is -2.25. The number of alkyl halides is 1. The van der Waals surface area contributed by atoms with Crippen LogP contribution >= 0.6 is 11.6 Å². The van der Waals surface area contributed by atoms with E-state index in [0.29, 0.717) is 18.8 Å². The van der Waals surface area contributed by atoms with Crippen molar-refractivity contribution in [1.29, 1.82) is 0 Å². The number of hydrogen-bond donors (Lipinski definition) is 1. The summed E-state index contributed by atoms with van der Waals surface area (Å²) in [6, 6.07) is 10.1. The first-order chi connectivity index (χ1) is 9.31. The van der Waals surface area contributed by atoms with E-state index in [1.54, 1.807) is 6.20 Å². The van der Waals surface area contributed by atoms with Crippen LogP contribution in [0.25, 0.3) is 10.9 Å². The quantitative estimate of drug-likeness (QED) is 0.825. The summed E-state index contributed by atoms with van der Waals surface area (Å²) in [7, 11) is 0. The zero-order valence-electron chi connectivity index (χ0n) is 10.7. The summed E-state index contributed by atoms with van der Waals surface area (Å²) >= 11 is 5.55. The van der Waals surface area contributed by atoms with E-state index in [0.717, 1.165) is 29.3 Å². The van der Waals surface area contributed by atoms with Gasteiger partial charge in [-0.3, -0.25) is 9.78 Å². The first-order valence-electron chi connectivity index (χ1n) is 6.46. The van der Waals surface area contributed by atoms with Crippen LogP contribution in [0.5, 0.6) is 0 Å². The van der Waals surface area contributed by atoms with E-state index in [4.69, 9.17) is 11.6 Å². The summed E-state index contributed by atoms with van der Waals surface area (Å²) in [6.45, 7) is 0.636. The van der Waals surface area contributed by atoms with E-state index in [9.17, 15) is 4.79 Å². The fourth-order valence-corrected chi connectivity index (χ4v) is 2.16. The van der Waals surface area contributed by atoms with Crippen LogP contribution in [0.4, 0.5) is 0 Å². The molecule has 1 heterocycles. The molecule has 0 atom stereocenters. The van der Waals surface area contributed by atoms with Crippen LogP contribution in [0.3, 0.4) is 0 Å². The van der Waals surface area contributed by atoms with Crippen molar-refractivity contribution in [2.75, 3.05) is 12.4 Å². The maximum atomic E-state index is 11.5. The second-order valence-electron chi connectivity index (χ2n) is 4.38. The fraction of sp³-hybridized carbons (Fsp3) is 0.333. The van der Waals surface area contributed by atoms with Gasteiger partial charge in [-0.1, -0.05) is 24.3 Å². The second-order valence-corrected chi connectivity index (χ2v) is 4.76. The van der Waals surface area contributed by atoms with Crippen molar-refractivity contribution >= 4 is 28.4 Å². The molecule has 0 aliphatic carbocycles. The number of pyridine rings is 1. The van der Waals surface area contributed by atoms with Crippen molar-refractivity contribution in [3.63, 3.8) is 0 Å². The van der Waals surface area contributed by atoms with E-state index in [2.05, 4.69) is 16.4 Å².